The fourth-order valence-corrected chi connectivity index (χ4v) is 5.38. The van der Waals surface area contributed by atoms with Crippen LogP contribution in [0.1, 0.15) is 59.8 Å². The first-order valence-corrected chi connectivity index (χ1v) is 12.9. The van der Waals surface area contributed by atoms with Crippen LogP contribution in [-0.4, -0.2) is 43.1 Å². The lowest BCUT2D eigenvalue weighted by atomic mass is 9.75. The Kier molecular flexibility index (Phi) is 7.04. The SMILES string of the molecule is CCOc1ccc(NC(=O)[C@H]2c3ccccc3C(=O)N3CCc4cc(OCC)c(OCC)cc4[C@H]23)cc1. The Morgan fingerprint density at radius 2 is 1.57 bits per heavy atom. The fraction of sp³-hybridized carbons (Fsp3) is 0.333. The van der Waals surface area contributed by atoms with Crippen molar-refractivity contribution < 1.29 is 23.8 Å². The van der Waals surface area contributed by atoms with Gasteiger partial charge in [-0.25, -0.2) is 0 Å². The topological polar surface area (TPSA) is 77.1 Å². The smallest absolute Gasteiger partial charge is 0.254 e. The second-order valence-electron chi connectivity index (χ2n) is 9.07. The third-order valence-corrected chi connectivity index (χ3v) is 6.90. The zero-order chi connectivity index (χ0) is 25.9. The first-order valence-electron chi connectivity index (χ1n) is 12.9. The van der Waals surface area contributed by atoms with Gasteiger partial charge < -0.3 is 24.4 Å². The van der Waals surface area contributed by atoms with E-state index in [2.05, 4.69) is 5.32 Å². The number of rotatable bonds is 8. The number of carbonyl (C=O) groups excluding carboxylic acids is 2. The van der Waals surface area contributed by atoms with E-state index in [0.717, 1.165) is 22.4 Å². The highest BCUT2D eigenvalue weighted by atomic mass is 16.5. The largest absolute Gasteiger partial charge is 0.494 e. The lowest BCUT2D eigenvalue weighted by Gasteiger charge is -2.45. The number of hydrogen-bond donors (Lipinski definition) is 1. The van der Waals surface area contributed by atoms with Crippen molar-refractivity contribution in [3.8, 4) is 17.2 Å². The molecule has 0 aromatic heterocycles. The molecule has 3 aromatic carbocycles. The van der Waals surface area contributed by atoms with Gasteiger partial charge in [-0.05, 0) is 86.3 Å². The summed E-state index contributed by atoms with van der Waals surface area (Å²) >= 11 is 0. The van der Waals surface area contributed by atoms with E-state index in [1.165, 1.54) is 0 Å². The van der Waals surface area contributed by atoms with Gasteiger partial charge in [-0.1, -0.05) is 18.2 Å². The number of nitrogens with zero attached hydrogens (tertiary/aromatic N) is 1. The van der Waals surface area contributed by atoms with Crippen LogP contribution < -0.4 is 19.5 Å². The number of nitrogens with one attached hydrogen (secondary N) is 1. The van der Waals surface area contributed by atoms with Crippen LogP contribution in [0.3, 0.4) is 0 Å². The van der Waals surface area contributed by atoms with Crippen LogP contribution in [0.4, 0.5) is 5.69 Å². The monoisotopic (exact) mass is 500 g/mol. The van der Waals surface area contributed by atoms with Crippen molar-refractivity contribution in [2.45, 2.75) is 39.2 Å². The summed E-state index contributed by atoms with van der Waals surface area (Å²) in [6.07, 6.45) is 0.680. The second-order valence-corrected chi connectivity index (χ2v) is 9.07. The summed E-state index contributed by atoms with van der Waals surface area (Å²) in [5.74, 6) is 1.25. The average molecular weight is 501 g/mol. The second kappa shape index (κ2) is 10.5. The first-order chi connectivity index (χ1) is 18.0. The van der Waals surface area contributed by atoms with Crippen molar-refractivity contribution in [3.05, 3.63) is 82.9 Å². The van der Waals surface area contributed by atoms with E-state index >= 15 is 0 Å². The highest BCUT2D eigenvalue weighted by Gasteiger charge is 2.46. The predicted octanol–water partition coefficient (Wildman–Crippen LogP) is 5.36. The number of amides is 2. The van der Waals surface area contributed by atoms with E-state index in [-0.39, 0.29) is 11.8 Å². The van der Waals surface area contributed by atoms with Gasteiger partial charge in [0, 0.05) is 17.8 Å². The molecule has 2 amide bonds. The highest BCUT2D eigenvalue weighted by Crippen LogP contribution is 2.48. The van der Waals surface area contributed by atoms with Crippen molar-refractivity contribution in [2.24, 2.45) is 0 Å². The molecule has 0 aliphatic carbocycles. The maximum absolute atomic E-state index is 14.0. The molecule has 0 unspecified atom stereocenters. The minimum Gasteiger partial charge on any atom is -0.494 e. The molecule has 1 N–H and O–H groups in total. The highest BCUT2D eigenvalue weighted by molar-refractivity contribution is 6.04. The number of ether oxygens (including phenoxy) is 3. The maximum Gasteiger partial charge on any atom is 0.254 e. The zero-order valence-electron chi connectivity index (χ0n) is 21.5. The average Bonchev–Trinajstić information content (AvgIpc) is 2.91. The lowest BCUT2D eigenvalue weighted by Crippen LogP contribution is -2.49. The first kappa shape index (κ1) is 24.7. The molecule has 7 nitrogen and oxygen atoms in total. The Morgan fingerprint density at radius 1 is 0.892 bits per heavy atom. The molecule has 5 rings (SSSR count). The van der Waals surface area contributed by atoms with Crippen molar-refractivity contribution >= 4 is 17.5 Å². The molecule has 0 bridgehead atoms. The van der Waals surface area contributed by atoms with Crippen LogP contribution in [-0.2, 0) is 11.2 Å². The van der Waals surface area contributed by atoms with Crippen LogP contribution in [0, 0.1) is 0 Å². The maximum atomic E-state index is 14.0. The minimum atomic E-state index is -0.591. The lowest BCUT2D eigenvalue weighted by molar-refractivity contribution is -0.119. The van der Waals surface area contributed by atoms with Crippen LogP contribution in [0.5, 0.6) is 17.2 Å². The summed E-state index contributed by atoms with van der Waals surface area (Å²) in [5, 5.41) is 3.08. The Hall–Kier alpha value is -4.00. The molecule has 2 aliphatic heterocycles. The molecule has 0 radical (unpaired) electrons. The number of hydrogen-bond acceptors (Lipinski definition) is 5. The van der Waals surface area contributed by atoms with E-state index in [0.29, 0.717) is 55.5 Å². The summed E-state index contributed by atoms with van der Waals surface area (Å²) in [6, 6.07) is 18.3. The minimum absolute atomic E-state index is 0.0526. The van der Waals surface area contributed by atoms with E-state index < -0.39 is 12.0 Å². The van der Waals surface area contributed by atoms with Crippen molar-refractivity contribution in [1.82, 2.24) is 4.90 Å². The standard InChI is InChI=1S/C30H32N2O5/c1-4-35-21-13-11-20(12-14-21)31-29(33)27-22-9-7-8-10-23(22)30(34)32-16-15-19-17-25(36-5-2)26(37-6-3)18-24(19)28(27)32/h7-14,17-18,27-28H,4-6,15-16H2,1-3H3,(H,31,33)/t27-,28+/m0/s1. The molecule has 0 fully saturated rings. The summed E-state index contributed by atoms with van der Waals surface area (Å²) in [6.45, 7) is 7.90. The van der Waals surface area contributed by atoms with Gasteiger partial charge in [0.15, 0.2) is 11.5 Å². The van der Waals surface area contributed by atoms with Crippen molar-refractivity contribution in [2.75, 3.05) is 31.7 Å². The Balaban J connectivity index is 1.58. The van der Waals surface area contributed by atoms with E-state index in [9.17, 15) is 9.59 Å². The molecule has 0 spiro atoms. The Bertz CT molecular complexity index is 1300. The van der Waals surface area contributed by atoms with E-state index in [1.807, 2.05) is 86.3 Å². The van der Waals surface area contributed by atoms with Gasteiger partial charge in [0.2, 0.25) is 5.91 Å². The van der Waals surface area contributed by atoms with Gasteiger partial charge >= 0.3 is 0 Å². The molecule has 0 saturated heterocycles. The summed E-state index contributed by atoms with van der Waals surface area (Å²) < 4.78 is 17.3. The van der Waals surface area contributed by atoms with Crippen LogP contribution in [0.15, 0.2) is 60.7 Å². The van der Waals surface area contributed by atoms with Gasteiger partial charge in [-0.3, -0.25) is 9.59 Å². The number of carbonyl (C=O) groups is 2. The number of benzene rings is 3. The molecular weight excluding hydrogens is 468 g/mol. The van der Waals surface area contributed by atoms with Crippen molar-refractivity contribution in [1.29, 1.82) is 0 Å². The van der Waals surface area contributed by atoms with Gasteiger partial charge in [-0.15, -0.1) is 0 Å². The fourth-order valence-electron chi connectivity index (χ4n) is 5.38. The number of fused-ring (bicyclic) bond motifs is 4. The van der Waals surface area contributed by atoms with Gasteiger partial charge in [0.05, 0.1) is 31.8 Å². The summed E-state index contributed by atoms with van der Waals surface area (Å²) in [7, 11) is 0. The molecule has 192 valence electrons. The summed E-state index contributed by atoms with van der Waals surface area (Å²) in [5.41, 5.74) is 3.97. The molecule has 37 heavy (non-hydrogen) atoms. The Morgan fingerprint density at radius 3 is 2.27 bits per heavy atom. The molecular formula is C30H32N2O5. The molecule has 3 aromatic rings. The zero-order valence-corrected chi connectivity index (χ0v) is 21.5. The van der Waals surface area contributed by atoms with Gasteiger partial charge in [-0.2, -0.15) is 0 Å². The van der Waals surface area contributed by atoms with Crippen LogP contribution >= 0.6 is 0 Å². The normalized spacial score (nSPS) is 17.8. The molecule has 2 aliphatic rings. The van der Waals surface area contributed by atoms with Crippen LogP contribution in [0.25, 0.3) is 0 Å². The van der Waals surface area contributed by atoms with Crippen LogP contribution in [0.2, 0.25) is 0 Å². The molecule has 7 heteroatoms. The van der Waals surface area contributed by atoms with Gasteiger partial charge in [0.25, 0.3) is 5.91 Å². The third-order valence-electron chi connectivity index (χ3n) is 6.90. The Labute approximate surface area is 217 Å². The molecule has 0 saturated carbocycles. The van der Waals surface area contributed by atoms with Crippen molar-refractivity contribution in [3.63, 3.8) is 0 Å². The third kappa shape index (κ3) is 4.61. The predicted molar refractivity (Wildman–Crippen MR) is 142 cm³/mol. The van der Waals surface area contributed by atoms with E-state index in [4.69, 9.17) is 14.2 Å². The number of anilines is 1. The quantitative estimate of drug-likeness (QED) is 0.451. The molecule has 2 heterocycles. The summed E-state index contributed by atoms with van der Waals surface area (Å²) in [4.78, 5) is 29.4. The molecule has 2 atom stereocenters. The van der Waals surface area contributed by atoms with E-state index in [1.54, 1.807) is 0 Å². The van der Waals surface area contributed by atoms with Gasteiger partial charge in [0.1, 0.15) is 5.75 Å².